The standard InChI is InChI=1S/C15H16ClN5/c1-2-7-17-9-11-8-15(18-10-12(11)16)21-14-6-4-3-5-13(14)19-20-21/h3-6,8,10,17H,2,7,9H2,1H3. The number of nitrogens with zero attached hydrogens (tertiary/aromatic N) is 4. The van der Waals surface area contributed by atoms with Gasteiger partial charge in [0.25, 0.3) is 0 Å². The molecule has 1 aromatic carbocycles. The second-order valence-corrected chi connectivity index (χ2v) is 5.21. The van der Waals surface area contributed by atoms with Gasteiger partial charge in [0.05, 0.1) is 10.5 Å². The van der Waals surface area contributed by atoms with Gasteiger partial charge in [0.2, 0.25) is 0 Å². The van der Waals surface area contributed by atoms with Crippen LogP contribution in [0.3, 0.4) is 0 Å². The van der Waals surface area contributed by atoms with Crippen molar-refractivity contribution in [2.45, 2.75) is 19.9 Å². The van der Waals surface area contributed by atoms with Crippen LogP contribution in [0.1, 0.15) is 18.9 Å². The SMILES string of the molecule is CCCNCc1cc(-n2nnc3ccccc32)ncc1Cl. The van der Waals surface area contributed by atoms with Gasteiger partial charge >= 0.3 is 0 Å². The molecule has 0 spiro atoms. The molecule has 6 heteroatoms. The first-order chi connectivity index (χ1) is 10.3. The Morgan fingerprint density at radius 3 is 3.00 bits per heavy atom. The molecule has 2 aromatic heterocycles. The fourth-order valence-electron chi connectivity index (χ4n) is 2.16. The van der Waals surface area contributed by atoms with E-state index >= 15 is 0 Å². The number of pyridine rings is 1. The van der Waals surface area contributed by atoms with Crippen molar-refractivity contribution in [2.75, 3.05) is 6.54 Å². The molecule has 0 fully saturated rings. The summed E-state index contributed by atoms with van der Waals surface area (Å²) in [4.78, 5) is 4.36. The Labute approximate surface area is 127 Å². The minimum atomic E-state index is 0.659. The summed E-state index contributed by atoms with van der Waals surface area (Å²) >= 11 is 6.21. The molecule has 3 aromatic rings. The summed E-state index contributed by atoms with van der Waals surface area (Å²) < 4.78 is 1.73. The summed E-state index contributed by atoms with van der Waals surface area (Å²) in [7, 11) is 0. The normalized spacial score (nSPS) is 11.1. The van der Waals surface area contributed by atoms with Crippen molar-refractivity contribution in [1.82, 2.24) is 25.3 Å². The average molecular weight is 302 g/mol. The van der Waals surface area contributed by atoms with Crippen molar-refractivity contribution in [2.24, 2.45) is 0 Å². The van der Waals surface area contributed by atoms with E-state index in [1.807, 2.05) is 30.3 Å². The number of aromatic nitrogens is 4. The monoisotopic (exact) mass is 301 g/mol. The van der Waals surface area contributed by atoms with Crippen LogP contribution in [0.4, 0.5) is 0 Å². The molecule has 0 atom stereocenters. The minimum Gasteiger partial charge on any atom is -0.313 e. The van der Waals surface area contributed by atoms with Gasteiger partial charge in [-0.25, -0.2) is 4.98 Å². The molecule has 0 aliphatic rings. The molecule has 0 aliphatic carbocycles. The molecule has 5 nitrogen and oxygen atoms in total. The van der Waals surface area contributed by atoms with Crippen LogP contribution in [0.25, 0.3) is 16.9 Å². The van der Waals surface area contributed by atoms with Gasteiger partial charge in [0.1, 0.15) is 5.52 Å². The maximum atomic E-state index is 6.21. The minimum absolute atomic E-state index is 0.659. The van der Waals surface area contributed by atoms with Crippen LogP contribution < -0.4 is 5.32 Å². The molecule has 0 unspecified atom stereocenters. The zero-order valence-electron chi connectivity index (χ0n) is 11.8. The maximum Gasteiger partial charge on any atom is 0.156 e. The Bertz CT molecular complexity index is 753. The Morgan fingerprint density at radius 2 is 2.14 bits per heavy atom. The molecule has 21 heavy (non-hydrogen) atoms. The molecule has 0 radical (unpaired) electrons. The van der Waals surface area contributed by atoms with Crippen molar-refractivity contribution < 1.29 is 0 Å². The van der Waals surface area contributed by atoms with E-state index < -0.39 is 0 Å². The van der Waals surface area contributed by atoms with Crippen molar-refractivity contribution >= 4 is 22.6 Å². The molecule has 0 saturated heterocycles. The molecule has 2 heterocycles. The molecule has 3 rings (SSSR count). The number of benzene rings is 1. The van der Waals surface area contributed by atoms with Gasteiger partial charge in [-0.15, -0.1) is 5.10 Å². The van der Waals surface area contributed by atoms with E-state index in [2.05, 4.69) is 27.5 Å². The summed E-state index contributed by atoms with van der Waals surface area (Å²) in [5.74, 6) is 0.724. The van der Waals surface area contributed by atoms with Crippen LogP contribution in [0.15, 0.2) is 36.5 Å². The molecule has 0 amide bonds. The van der Waals surface area contributed by atoms with Crippen LogP contribution >= 0.6 is 11.6 Å². The highest BCUT2D eigenvalue weighted by molar-refractivity contribution is 6.31. The zero-order valence-corrected chi connectivity index (χ0v) is 12.5. The Balaban J connectivity index is 1.97. The number of fused-ring (bicyclic) bond motifs is 1. The first kappa shape index (κ1) is 14.0. The predicted octanol–water partition coefficient (Wildman–Crippen LogP) is 2.97. The second kappa shape index (κ2) is 6.20. The third-order valence-corrected chi connectivity index (χ3v) is 3.57. The lowest BCUT2D eigenvalue weighted by Gasteiger charge is -2.08. The van der Waals surface area contributed by atoms with E-state index in [0.717, 1.165) is 41.9 Å². The van der Waals surface area contributed by atoms with Crippen molar-refractivity contribution in [3.63, 3.8) is 0 Å². The molecule has 0 saturated carbocycles. The van der Waals surface area contributed by atoms with Crippen LogP contribution in [-0.2, 0) is 6.54 Å². The van der Waals surface area contributed by atoms with E-state index in [1.54, 1.807) is 10.9 Å². The largest absolute Gasteiger partial charge is 0.313 e. The summed E-state index contributed by atoms with van der Waals surface area (Å²) in [5, 5.41) is 12.3. The number of para-hydroxylation sites is 1. The van der Waals surface area contributed by atoms with Gasteiger partial charge in [-0.2, -0.15) is 4.68 Å². The van der Waals surface area contributed by atoms with Gasteiger partial charge in [0.15, 0.2) is 5.82 Å². The molecule has 0 bridgehead atoms. The lowest BCUT2D eigenvalue weighted by atomic mass is 10.2. The van der Waals surface area contributed by atoms with Crippen LogP contribution in [0.5, 0.6) is 0 Å². The van der Waals surface area contributed by atoms with Gasteiger partial charge in [-0.3, -0.25) is 0 Å². The maximum absolute atomic E-state index is 6.21. The second-order valence-electron chi connectivity index (χ2n) is 4.80. The van der Waals surface area contributed by atoms with E-state index in [-0.39, 0.29) is 0 Å². The Kier molecular flexibility index (Phi) is 4.13. The third kappa shape index (κ3) is 2.89. The predicted molar refractivity (Wildman–Crippen MR) is 83.7 cm³/mol. The van der Waals surface area contributed by atoms with Crippen molar-refractivity contribution in [3.05, 3.63) is 47.1 Å². The van der Waals surface area contributed by atoms with Crippen molar-refractivity contribution in [3.8, 4) is 5.82 Å². The van der Waals surface area contributed by atoms with Gasteiger partial charge in [-0.05, 0) is 36.7 Å². The zero-order chi connectivity index (χ0) is 14.7. The fourth-order valence-corrected chi connectivity index (χ4v) is 2.33. The number of hydrogen-bond donors (Lipinski definition) is 1. The fraction of sp³-hybridized carbons (Fsp3) is 0.267. The van der Waals surface area contributed by atoms with Crippen molar-refractivity contribution in [1.29, 1.82) is 0 Å². The van der Waals surface area contributed by atoms with E-state index in [9.17, 15) is 0 Å². The number of nitrogens with one attached hydrogen (secondary N) is 1. The Morgan fingerprint density at radius 1 is 1.29 bits per heavy atom. The van der Waals surface area contributed by atoms with Gasteiger partial charge < -0.3 is 5.32 Å². The average Bonchev–Trinajstić information content (AvgIpc) is 2.93. The highest BCUT2D eigenvalue weighted by Crippen LogP contribution is 2.20. The van der Waals surface area contributed by atoms with E-state index in [0.29, 0.717) is 5.02 Å². The smallest absolute Gasteiger partial charge is 0.156 e. The van der Waals surface area contributed by atoms with Crippen LogP contribution in [-0.4, -0.2) is 26.5 Å². The van der Waals surface area contributed by atoms with E-state index in [1.165, 1.54) is 0 Å². The van der Waals surface area contributed by atoms with Gasteiger partial charge in [0, 0.05) is 12.7 Å². The molecule has 108 valence electrons. The number of hydrogen-bond acceptors (Lipinski definition) is 4. The molecular weight excluding hydrogens is 286 g/mol. The lowest BCUT2D eigenvalue weighted by molar-refractivity contribution is 0.673. The Hall–Kier alpha value is -1.98. The summed E-state index contributed by atoms with van der Waals surface area (Å²) in [6.45, 7) is 3.81. The number of halogens is 1. The first-order valence-corrected chi connectivity index (χ1v) is 7.33. The first-order valence-electron chi connectivity index (χ1n) is 6.95. The lowest BCUT2D eigenvalue weighted by Crippen LogP contribution is -2.14. The summed E-state index contributed by atoms with van der Waals surface area (Å²) in [6, 6.07) is 9.75. The quantitative estimate of drug-likeness (QED) is 0.736. The van der Waals surface area contributed by atoms with Crippen LogP contribution in [0, 0.1) is 0 Å². The topological polar surface area (TPSA) is 55.6 Å². The van der Waals surface area contributed by atoms with Gasteiger partial charge in [-0.1, -0.05) is 35.9 Å². The number of rotatable bonds is 5. The summed E-state index contributed by atoms with van der Waals surface area (Å²) in [6.07, 6.45) is 2.75. The molecule has 1 N–H and O–H groups in total. The van der Waals surface area contributed by atoms with E-state index in [4.69, 9.17) is 11.6 Å². The third-order valence-electron chi connectivity index (χ3n) is 3.23. The highest BCUT2D eigenvalue weighted by atomic mass is 35.5. The molecule has 0 aliphatic heterocycles. The van der Waals surface area contributed by atoms with Crippen LogP contribution in [0.2, 0.25) is 5.02 Å². The summed E-state index contributed by atoms with van der Waals surface area (Å²) in [5.41, 5.74) is 2.79. The molecular formula is C15H16ClN5. The highest BCUT2D eigenvalue weighted by Gasteiger charge is 2.09.